The number of carbonyl (C=O) groups excluding carboxylic acids is 1. The van der Waals surface area contributed by atoms with Crippen molar-refractivity contribution in [2.24, 2.45) is 0 Å². The summed E-state index contributed by atoms with van der Waals surface area (Å²) < 4.78 is 6.74. The molecule has 13 heteroatoms. The highest BCUT2D eigenvalue weighted by atomic mass is 35.5. The molecule has 1 amide bonds. The van der Waals surface area contributed by atoms with E-state index in [9.17, 15) is 15.3 Å². The minimum Gasteiger partial charge on any atom is -0.442 e. The fourth-order valence-corrected chi connectivity index (χ4v) is 4.43. The number of rotatable bonds is 5. The quantitative estimate of drug-likeness (QED) is 0.497. The standard InChI is InChI=1S/C21H19ClN10O2/c1-2-25-18-19-26-9-12(8-24)32(19)30-20(29-18)27-14-5-11(7-23)6-15(17(14)22)31-4-3-13-16(10-31)34-21(33)28-13/h5-6,9,13,16H,2-4,10H2,1H3,(H,28,33)(H2,25,27,29,30)/t13-,16-/m1/s1. The fourth-order valence-electron chi connectivity index (χ4n) is 4.15. The predicted octanol–water partition coefficient (Wildman–Crippen LogP) is 2.38. The maximum absolute atomic E-state index is 11.6. The number of amides is 1. The molecule has 12 nitrogen and oxygen atoms in total. The van der Waals surface area contributed by atoms with Crippen molar-refractivity contribution in [3.05, 3.63) is 34.6 Å². The summed E-state index contributed by atoms with van der Waals surface area (Å²) in [5.74, 6) is 0.625. The molecule has 2 aromatic heterocycles. The summed E-state index contributed by atoms with van der Waals surface area (Å²) in [6, 6.07) is 7.48. The highest BCUT2D eigenvalue weighted by molar-refractivity contribution is 6.36. The van der Waals surface area contributed by atoms with E-state index < -0.39 is 6.09 Å². The van der Waals surface area contributed by atoms with Crippen molar-refractivity contribution in [3.8, 4) is 12.1 Å². The Morgan fingerprint density at radius 3 is 2.97 bits per heavy atom. The third kappa shape index (κ3) is 3.74. The van der Waals surface area contributed by atoms with Crippen LogP contribution in [0, 0.1) is 22.7 Å². The molecule has 0 spiro atoms. The average molecular weight is 479 g/mol. The first-order valence-corrected chi connectivity index (χ1v) is 11.0. The maximum atomic E-state index is 11.6. The van der Waals surface area contributed by atoms with Gasteiger partial charge >= 0.3 is 6.09 Å². The molecule has 0 bridgehead atoms. The molecule has 0 unspecified atom stereocenters. The molecule has 1 aromatic carbocycles. The molecule has 3 N–H and O–H groups in total. The fraction of sp³-hybridized carbons (Fsp3) is 0.333. The third-order valence-corrected chi connectivity index (χ3v) is 6.11. The zero-order chi connectivity index (χ0) is 23.8. The summed E-state index contributed by atoms with van der Waals surface area (Å²) in [6.45, 7) is 3.59. The van der Waals surface area contributed by atoms with Crippen molar-refractivity contribution in [1.29, 1.82) is 10.5 Å². The van der Waals surface area contributed by atoms with E-state index in [1.165, 1.54) is 10.7 Å². The number of halogens is 1. The summed E-state index contributed by atoms with van der Waals surface area (Å²) in [5.41, 5.74) is 2.13. The number of hydrogen-bond acceptors (Lipinski definition) is 10. The molecule has 4 heterocycles. The van der Waals surface area contributed by atoms with Gasteiger partial charge in [-0.15, -0.1) is 5.10 Å². The molecule has 0 radical (unpaired) electrons. The number of benzene rings is 1. The van der Waals surface area contributed by atoms with E-state index in [4.69, 9.17) is 16.3 Å². The highest BCUT2D eigenvalue weighted by Gasteiger charge is 2.39. The molecular weight excluding hydrogens is 460 g/mol. The number of anilines is 4. The van der Waals surface area contributed by atoms with Crippen LogP contribution in [0.25, 0.3) is 5.65 Å². The Bertz CT molecular complexity index is 1370. The number of aromatic nitrogens is 4. The lowest BCUT2D eigenvalue weighted by Crippen LogP contribution is -2.48. The van der Waals surface area contributed by atoms with Crippen LogP contribution in [-0.2, 0) is 4.74 Å². The smallest absolute Gasteiger partial charge is 0.407 e. The molecule has 2 atom stereocenters. The average Bonchev–Trinajstić information content (AvgIpc) is 3.42. The van der Waals surface area contributed by atoms with Gasteiger partial charge in [-0.1, -0.05) is 11.6 Å². The van der Waals surface area contributed by atoms with Gasteiger partial charge in [0.05, 0.1) is 46.8 Å². The highest BCUT2D eigenvalue weighted by Crippen LogP contribution is 2.37. The Balaban J connectivity index is 1.51. The second-order valence-electron chi connectivity index (χ2n) is 7.83. The predicted molar refractivity (Wildman–Crippen MR) is 123 cm³/mol. The Kier molecular flexibility index (Phi) is 5.43. The molecule has 2 saturated heterocycles. The summed E-state index contributed by atoms with van der Waals surface area (Å²) >= 11 is 6.77. The van der Waals surface area contributed by atoms with E-state index in [0.29, 0.717) is 59.5 Å². The first-order valence-electron chi connectivity index (χ1n) is 10.6. The number of alkyl carbamates (subject to hydrolysis) is 1. The molecular formula is C21H19ClN10O2. The SMILES string of the molecule is CCNc1nc(Nc2cc(C#N)cc(N3CC[C@H]4NC(=O)O[C@@H]4C3)c2Cl)nn2c(C#N)cnc12. The van der Waals surface area contributed by atoms with Crippen LogP contribution in [0.2, 0.25) is 5.02 Å². The van der Waals surface area contributed by atoms with Gasteiger partial charge in [0.25, 0.3) is 0 Å². The number of carbonyl (C=O) groups is 1. The molecule has 0 saturated carbocycles. The normalized spacial score (nSPS) is 19.1. The van der Waals surface area contributed by atoms with Crippen LogP contribution in [0.4, 0.5) is 27.9 Å². The van der Waals surface area contributed by atoms with Crippen LogP contribution >= 0.6 is 11.6 Å². The number of nitrogens with zero attached hydrogens (tertiary/aromatic N) is 7. The molecule has 0 aliphatic carbocycles. The van der Waals surface area contributed by atoms with Crippen molar-refractivity contribution in [2.45, 2.75) is 25.5 Å². The lowest BCUT2D eigenvalue weighted by atomic mass is 10.0. The van der Waals surface area contributed by atoms with Gasteiger partial charge in [-0.25, -0.2) is 9.78 Å². The topological polar surface area (TPSA) is 156 Å². The monoisotopic (exact) mass is 478 g/mol. The number of nitrogens with one attached hydrogen (secondary N) is 3. The van der Waals surface area contributed by atoms with Crippen LogP contribution in [0.1, 0.15) is 24.6 Å². The van der Waals surface area contributed by atoms with Crippen LogP contribution < -0.4 is 20.9 Å². The van der Waals surface area contributed by atoms with Crippen LogP contribution in [0.5, 0.6) is 0 Å². The second-order valence-corrected chi connectivity index (χ2v) is 8.21. The number of hydrogen-bond donors (Lipinski definition) is 3. The van der Waals surface area contributed by atoms with E-state index >= 15 is 0 Å². The van der Waals surface area contributed by atoms with E-state index in [1.807, 2.05) is 11.8 Å². The van der Waals surface area contributed by atoms with E-state index in [-0.39, 0.29) is 23.8 Å². The van der Waals surface area contributed by atoms with Gasteiger partial charge < -0.3 is 25.6 Å². The van der Waals surface area contributed by atoms with Crippen molar-refractivity contribution in [1.82, 2.24) is 24.9 Å². The van der Waals surface area contributed by atoms with Crippen molar-refractivity contribution in [2.75, 3.05) is 35.2 Å². The Morgan fingerprint density at radius 2 is 2.21 bits per heavy atom. The van der Waals surface area contributed by atoms with Gasteiger partial charge in [0.15, 0.2) is 17.2 Å². The lowest BCUT2D eigenvalue weighted by molar-refractivity contribution is 0.127. The van der Waals surface area contributed by atoms with E-state index in [2.05, 4.69) is 43.2 Å². The zero-order valence-electron chi connectivity index (χ0n) is 18.0. The van der Waals surface area contributed by atoms with Crippen molar-refractivity contribution < 1.29 is 9.53 Å². The summed E-state index contributed by atoms with van der Waals surface area (Å²) in [7, 11) is 0. The summed E-state index contributed by atoms with van der Waals surface area (Å²) in [4.78, 5) is 22.3. The van der Waals surface area contributed by atoms with Gasteiger partial charge in [0.2, 0.25) is 5.95 Å². The van der Waals surface area contributed by atoms with Gasteiger partial charge in [0, 0.05) is 13.1 Å². The summed E-state index contributed by atoms with van der Waals surface area (Å²) in [5, 5.41) is 32.8. The maximum Gasteiger partial charge on any atom is 0.407 e. The van der Waals surface area contributed by atoms with Crippen LogP contribution in [0.3, 0.4) is 0 Å². The first-order chi connectivity index (χ1) is 16.5. The minimum atomic E-state index is -0.420. The number of imidazole rings is 1. The molecule has 2 aliphatic heterocycles. The Labute approximate surface area is 199 Å². The molecule has 2 aliphatic rings. The second kappa shape index (κ2) is 8.57. The number of nitriles is 2. The first kappa shape index (κ1) is 21.6. The minimum absolute atomic E-state index is 0.0339. The van der Waals surface area contributed by atoms with Crippen LogP contribution in [0.15, 0.2) is 18.3 Å². The largest absolute Gasteiger partial charge is 0.442 e. The molecule has 5 rings (SSSR count). The molecule has 2 fully saturated rings. The van der Waals surface area contributed by atoms with Crippen molar-refractivity contribution in [3.63, 3.8) is 0 Å². The van der Waals surface area contributed by atoms with E-state index in [0.717, 1.165) is 0 Å². The van der Waals surface area contributed by atoms with Gasteiger partial charge in [-0.2, -0.15) is 20.0 Å². The molecule has 172 valence electrons. The van der Waals surface area contributed by atoms with Gasteiger partial charge in [0.1, 0.15) is 12.2 Å². The van der Waals surface area contributed by atoms with Gasteiger partial charge in [-0.05, 0) is 25.5 Å². The van der Waals surface area contributed by atoms with Crippen molar-refractivity contribution >= 4 is 46.5 Å². The Morgan fingerprint density at radius 1 is 1.35 bits per heavy atom. The van der Waals surface area contributed by atoms with Crippen LogP contribution in [-0.4, -0.2) is 57.5 Å². The van der Waals surface area contributed by atoms with E-state index in [1.54, 1.807) is 12.1 Å². The molecule has 34 heavy (non-hydrogen) atoms. The molecule has 3 aromatic rings. The number of fused-ring (bicyclic) bond motifs is 2. The third-order valence-electron chi connectivity index (χ3n) is 5.71. The lowest BCUT2D eigenvalue weighted by Gasteiger charge is -2.35. The zero-order valence-corrected chi connectivity index (χ0v) is 18.8. The number of piperidine rings is 1. The van der Waals surface area contributed by atoms with Gasteiger partial charge in [-0.3, -0.25) is 0 Å². The number of ether oxygens (including phenoxy) is 1. The Hall–Kier alpha value is -4.29. The summed E-state index contributed by atoms with van der Waals surface area (Å²) in [6.07, 6.45) is 1.40.